The van der Waals surface area contributed by atoms with Crippen molar-refractivity contribution in [2.24, 2.45) is 5.73 Å². The summed E-state index contributed by atoms with van der Waals surface area (Å²) >= 11 is 5.83. The molecule has 0 aliphatic carbocycles. The summed E-state index contributed by atoms with van der Waals surface area (Å²) in [4.78, 5) is 16.2. The van der Waals surface area contributed by atoms with Gasteiger partial charge in [-0.05, 0) is 38.1 Å². The second kappa shape index (κ2) is 6.28. The first-order chi connectivity index (χ1) is 9.89. The Bertz CT molecular complexity index is 620. The van der Waals surface area contributed by atoms with Crippen LogP contribution in [-0.4, -0.2) is 23.0 Å². The number of aromatic nitrogens is 1. The third-order valence-corrected chi connectivity index (χ3v) is 3.22. The van der Waals surface area contributed by atoms with Crippen LogP contribution >= 0.6 is 11.6 Å². The van der Waals surface area contributed by atoms with Crippen LogP contribution in [0.1, 0.15) is 19.5 Å². The van der Waals surface area contributed by atoms with Crippen molar-refractivity contribution in [1.82, 2.24) is 10.3 Å². The highest BCUT2D eigenvalue weighted by atomic mass is 35.5. The van der Waals surface area contributed by atoms with E-state index < -0.39 is 5.54 Å². The molecule has 6 heteroatoms. The standard InChI is InChI=1S/C15H18ClN3O2/c1-15(2,9-17)19-13(20)7-12-8-21-14(18-12)10-3-5-11(16)6-4-10/h3-6,8H,7,9,17H2,1-2H3,(H,19,20). The maximum Gasteiger partial charge on any atom is 0.226 e. The molecule has 0 saturated heterocycles. The van der Waals surface area contributed by atoms with Gasteiger partial charge in [-0.3, -0.25) is 4.79 Å². The fourth-order valence-corrected chi connectivity index (χ4v) is 1.88. The van der Waals surface area contributed by atoms with E-state index in [9.17, 15) is 4.79 Å². The Morgan fingerprint density at radius 3 is 2.67 bits per heavy atom. The number of carbonyl (C=O) groups is 1. The Kier molecular flexibility index (Phi) is 4.65. The summed E-state index contributed by atoms with van der Waals surface area (Å²) in [6, 6.07) is 7.15. The van der Waals surface area contributed by atoms with Crippen molar-refractivity contribution in [3.8, 4) is 11.5 Å². The average Bonchev–Trinajstić information content (AvgIpc) is 2.87. The Morgan fingerprint density at radius 2 is 2.05 bits per heavy atom. The Labute approximate surface area is 128 Å². The molecule has 0 aliphatic rings. The zero-order chi connectivity index (χ0) is 15.5. The van der Waals surface area contributed by atoms with Gasteiger partial charge in [-0.15, -0.1) is 0 Å². The van der Waals surface area contributed by atoms with E-state index in [1.165, 1.54) is 6.26 Å². The van der Waals surface area contributed by atoms with Gasteiger partial charge in [-0.25, -0.2) is 4.98 Å². The molecule has 0 fully saturated rings. The van der Waals surface area contributed by atoms with Crippen molar-refractivity contribution in [2.45, 2.75) is 25.8 Å². The number of oxazole rings is 1. The topological polar surface area (TPSA) is 81.1 Å². The largest absolute Gasteiger partial charge is 0.444 e. The molecule has 0 radical (unpaired) electrons. The van der Waals surface area contributed by atoms with E-state index in [0.29, 0.717) is 23.2 Å². The molecule has 112 valence electrons. The quantitative estimate of drug-likeness (QED) is 0.888. The molecule has 0 saturated carbocycles. The van der Waals surface area contributed by atoms with Gasteiger partial charge >= 0.3 is 0 Å². The predicted octanol–water partition coefficient (Wildman–Crippen LogP) is 2.39. The zero-order valence-corrected chi connectivity index (χ0v) is 12.8. The number of hydrogen-bond acceptors (Lipinski definition) is 4. The SMILES string of the molecule is CC(C)(CN)NC(=O)Cc1coc(-c2ccc(Cl)cc2)n1. The lowest BCUT2D eigenvalue weighted by atomic mass is 10.1. The maximum absolute atomic E-state index is 11.9. The van der Waals surface area contributed by atoms with E-state index in [1.54, 1.807) is 12.1 Å². The number of amides is 1. The number of halogens is 1. The monoisotopic (exact) mass is 307 g/mol. The van der Waals surface area contributed by atoms with Crippen LogP contribution in [0.3, 0.4) is 0 Å². The van der Waals surface area contributed by atoms with Gasteiger partial charge in [0.25, 0.3) is 0 Å². The van der Waals surface area contributed by atoms with Gasteiger partial charge in [0.05, 0.1) is 12.1 Å². The fourth-order valence-electron chi connectivity index (χ4n) is 1.75. The lowest BCUT2D eigenvalue weighted by Crippen LogP contribution is -2.49. The van der Waals surface area contributed by atoms with Gasteiger partial charge in [0.2, 0.25) is 11.8 Å². The molecule has 0 bridgehead atoms. The molecule has 0 atom stereocenters. The molecule has 21 heavy (non-hydrogen) atoms. The number of nitrogens with two attached hydrogens (primary N) is 1. The van der Waals surface area contributed by atoms with Crippen LogP contribution in [0.25, 0.3) is 11.5 Å². The lowest BCUT2D eigenvalue weighted by molar-refractivity contribution is -0.121. The second-order valence-corrected chi connectivity index (χ2v) is 5.90. The number of benzene rings is 1. The number of carbonyl (C=O) groups excluding carboxylic acids is 1. The summed E-state index contributed by atoms with van der Waals surface area (Å²) in [5, 5.41) is 3.50. The van der Waals surface area contributed by atoms with Gasteiger partial charge in [-0.1, -0.05) is 11.6 Å². The van der Waals surface area contributed by atoms with Crippen molar-refractivity contribution >= 4 is 17.5 Å². The molecule has 1 heterocycles. The summed E-state index contributed by atoms with van der Waals surface area (Å²) in [5.74, 6) is 0.328. The van der Waals surface area contributed by atoms with Gasteiger partial charge in [0.1, 0.15) is 6.26 Å². The van der Waals surface area contributed by atoms with Crippen LogP contribution in [0.2, 0.25) is 5.02 Å². The van der Waals surface area contributed by atoms with Crippen molar-refractivity contribution < 1.29 is 9.21 Å². The van der Waals surface area contributed by atoms with Gasteiger partial charge in [0, 0.05) is 22.7 Å². The number of nitrogens with one attached hydrogen (secondary N) is 1. The average molecular weight is 308 g/mol. The Balaban J connectivity index is 2.03. The highest BCUT2D eigenvalue weighted by Gasteiger charge is 2.19. The van der Waals surface area contributed by atoms with Crippen LogP contribution in [0.5, 0.6) is 0 Å². The van der Waals surface area contributed by atoms with E-state index in [-0.39, 0.29) is 12.3 Å². The number of hydrogen-bond donors (Lipinski definition) is 2. The van der Waals surface area contributed by atoms with Gasteiger partial charge < -0.3 is 15.5 Å². The molecule has 2 aromatic rings. The van der Waals surface area contributed by atoms with Crippen molar-refractivity contribution in [1.29, 1.82) is 0 Å². The molecule has 5 nitrogen and oxygen atoms in total. The van der Waals surface area contributed by atoms with Crippen LogP contribution in [0.15, 0.2) is 34.9 Å². The van der Waals surface area contributed by atoms with Gasteiger partial charge in [0.15, 0.2) is 0 Å². The first-order valence-corrected chi connectivity index (χ1v) is 6.99. The van der Waals surface area contributed by atoms with E-state index in [0.717, 1.165) is 5.56 Å². The molecular weight excluding hydrogens is 290 g/mol. The van der Waals surface area contributed by atoms with Crippen LogP contribution in [0.4, 0.5) is 0 Å². The van der Waals surface area contributed by atoms with Crippen LogP contribution < -0.4 is 11.1 Å². The summed E-state index contributed by atoms with van der Waals surface area (Å²) in [6.07, 6.45) is 1.64. The number of nitrogens with zero attached hydrogens (tertiary/aromatic N) is 1. The van der Waals surface area contributed by atoms with Crippen molar-refractivity contribution in [3.63, 3.8) is 0 Å². The van der Waals surface area contributed by atoms with Crippen LogP contribution in [-0.2, 0) is 11.2 Å². The molecule has 1 aromatic heterocycles. The lowest BCUT2D eigenvalue weighted by Gasteiger charge is -2.23. The molecule has 0 aliphatic heterocycles. The van der Waals surface area contributed by atoms with E-state index in [2.05, 4.69) is 10.3 Å². The highest BCUT2D eigenvalue weighted by Crippen LogP contribution is 2.21. The normalized spacial score (nSPS) is 11.4. The summed E-state index contributed by atoms with van der Waals surface area (Å²) in [6.45, 7) is 4.10. The van der Waals surface area contributed by atoms with E-state index in [4.69, 9.17) is 21.8 Å². The Hall–Kier alpha value is -1.85. The highest BCUT2D eigenvalue weighted by molar-refractivity contribution is 6.30. The first kappa shape index (κ1) is 15.5. The van der Waals surface area contributed by atoms with E-state index >= 15 is 0 Å². The van der Waals surface area contributed by atoms with Gasteiger partial charge in [-0.2, -0.15) is 0 Å². The number of rotatable bonds is 5. The first-order valence-electron chi connectivity index (χ1n) is 6.61. The fraction of sp³-hybridized carbons (Fsp3) is 0.333. The molecule has 0 unspecified atom stereocenters. The minimum atomic E-state index is -0.431. The molecular formula is C15H18ClN3O2. The molecule has 3 N–H and O–H groups in total. The van der Waals surface area contributed by atoms with Crippen molar-refractivity contribution in [3.05, 3.63) is 41.2 Å². The third kappa shape index (κ3) is 4.31. The molecule has 1 aromatic carbocycles. The molecule has 1 amide bonds. The minimum Gasteiger partial charge on any atom is -0.444 e. The Morgan fingerprint density at radius 1 is 1.38 bits per heavy atom. The van der Waals surface area contributed by atoms with E-state index in [1.807, 2.05) is 26.0 Å². The second-order valence-electron chi connectivity index (χ2n) is 5.46. The van der Waals surface area contributed by atoms with Crippen molar-refractivity contribution in [2.75, 3.05) is 6.54 Å². The molecule has 0 spiro atoms. The predicted molar refractivity (Wildman–Crippen MR) is 81.9 cm³/mol. The third-order valence-electron chi connectivity index (χ3n) is 2.97. The summed E-state index contributed by atoms with van der Waals surface area (Å²) < 4.78 is 5.39. The summed E-state index contributed by atoms with van der Waals surface area (Å²) in [7, 11) is 0. The maximum atomic E-state index is 11.9. The van der Waals surface area contributed by atoms with Crippen LogP contribution in [0, 0.1) is 0 Å². The summed E-state index contributed by atoms with van der Waals surface area (Å²) in [5.41, 5.74) is 6.54. The molecule has 2 rings (SSSR count). The zero-order valence-electron chi connectivity index (χ0n) is 12.0. The minimum absolute atomic E-state index is 0.138. The smallest absolute Gasteiger partial charge is 0.226 e.